The Kier molecular flexibility index (Phi) is 9.48. The lowest BCUT2D eigenvalue weighted by Gasteiger charge is -2.11. The van der Waals surface area contributed by atoms with Crippen molar-refractivity contribution in [3.8, 4) is 0 Å². The highest BCUT2D eigenvalue weighted by Gasteiger charge is 2.08. The van der Waals surface area contributed by atoms with E-state index < -0.39 is 0 Å². The summed E-state index contributed by atoms with van der Waals surface area (Å²) >= 11 is 0. The zero-order chi connectivity index (χ0) is 22.5. The molecular weight excluding hydrogens is 392 g/mol. The molecule has 4 aromatic heterocycles. The van der Waals surface area contributed by atoms with Crippen LogP contribution in [0.3, 0.4) is 0 Å². The van der Waals surface area contributed by atoms with Crippen molar-refractivity contribution < 1.29 is 9.59 Å². The quantitative estimate of drug-likeness (QED) is 0.489. The number of rotatable bonds is 5. The van der Waals surface area contributed by atoms with Gasteiger partial charge in [-0.2, -0.15) is 10.2 Å². The molecule has 31 heavy (non-hydrogen) atoms. The Bertz CT molecular complexity index is 1010. The van der Waals surface area contributed by atoms with Crippen molar-refractivity contribution in [3.05, 3.63) is 96.1 Å². The first kappa shape index (κ1) is 23.3. The summed E-state index contributed by atoms with van der Waals surface area (Å²) < 4.78 is 1.76. The van der Waals surface area contributed by atoms with Crippen LogP contribution in [0, 0.1) is 0 Å². The van der Waals surface area contributed by atoms with Crippen LogP contribution in [-0.4, -0.2) is 42.5 Å². The van der Waals surface area contributed by atoms with Crippen molar-refractivity contribution in [3.63, 3.8) is 0 Å². The van der Waals surface area contributed by atoms with Crippen LogP contribution < -0.4 is 0 Å². The molecule has 0 bridgehead atoms. The molecule has 0 spiro atoms. The van der Waals surface area contributed by atoms with Gasteiger partial charge in [-0.25, -0.2) is 0 Å². The van der Waals surface area contributed by atoms with Gasteiger partial charge in [0.05, 0.1) is 11.7 Å². The highest BCUT2D eigenvalue weighted by molar-refractivity contribution is 5.71. The Hall–Kier alpha value is -3.94. The molecule has 0 aliphatic carbocycles. The number of nitrogens with one attached hydrogen (secondary N) is 1. The molecule has 8 heteroatoms. The van der Waals surface area contributed by atoms with Gasteiger partial charge in [0.1, 0.15) is 5.69 Å². The van der Waals surface area contributed by atoms with Gasteiger partial charge in [-0.15, -0.1) is 0 Å². The average molecular weight is 419 g/mol. The van der Waals surface area contributed by atoms with Gasteiger partial charge >= 0.3 is 0 Å². The highest BCUT2D eigenvalue weighted by atomic mass is 16.1. The van der Waals surface area contributed by atoms with Crippen LogP contribution in [0.2, 0.25) is 0 Å². The van der Waals surface area contributed by atoms with Crippen LogP contribution in [0.4, 0.5) is 0 Å². The van der Waals surface area contributed by atoms with E-state index in [0.29, 0.717) is 23.6 Å². The third kappa shape index (κ3) is 7.77. The minimum absolute atomic E-state index is 0.113. The SMILES string of the molecule is CC(C)c1ccncc1.CC(c1ccncc1)n1ccc(C=O)n1.O=Cc1ccn[nH]1. The summed E-state index contributed by atoms with van der Waals surface area (Å²) in [4.78, 5) is 28.2. The van der Waals surface area contributed by atoms with E-state index in [1.807, 2.05) is 43.6 Å². The maximum atomic E-state index is 10.5. The first-order valence-electron chi connectivity index (χ1n) is 9.79. The molecule has 4 aromatic rings. The van der Waals surface area contributed by atoms with E-state index in [1.165, 1.54) is 11.8 Å². The summed E-state index contributed by atoms with van der Waals surface area (Å²) in [5, 5.41) is 10.1. The first-order chi connectivity index (χ1) is 15.0. The molecule has 0 saturated carbocycles. The largest absolute Gasteiger partial charge is 0.296 e. The van der Waals surface area contributed by atoms with Gasteiger partial charge in [0, 0.05) is 37.2 Å². The fourth-order valence-corrected chi connectivity index (χ4v) is 2.51. The van der Waals surface area contributed by atoms with Crippen LogP contribution in [-0.2, 0) is 0 Å². The maximum Gasteiger partial charge on any atom is 0.170 e. The van der Waals surface area contributed by atoms with Crippen LogP contribution in [0.5, 0.6) is 0 Å². The molecule has 0 saturated heterocycles. The molecule has 0 aromatic carbocycles. The molecule has 4 rings (SSSR count). The van der Waals surface area contributed by atoms with Gasteiger partial charge in [0.15, 0.2) is 12.6 Å². The number of hydrogen-bond acceptors (Lipinski definition) is 6. The predicted octanol–water partition coefficient (Wildman–Crippen LogP) is 4.13. The number of carbonyl (C=O) groups is 2. The second-order valence-electron chi connectivity index (χ2n) is 6.86. The number of nitrogens with zero attached hydrogens (tertiary/aromatic N) is 5. The molecule has 1 unspecified atom stereocenters. The smallest absolute Gasteiger partial charge is 0.170 e. The van der Waals surface area contributed by atoms with Crippen molar-refractivity contribution in [2.75, 3.05) is 0 Å². The van der Waals surface area contributed by atoms with Gasteiger partial charge in [0.2, 0.25) is 0 Å². The fourth-order valence-electron chi connectivity index (χ4n) is 2.51. The molecule has 0 fully saturated rings. The van der Waals surface area contributed by atoms with Crippen molar-refractivity contribution in [1.29, 1.82) is 0 Å². The van der Waals surface area contributed by atoms with E-state index in [4.69, 9.17) is 0 Å². The summed E-state index contributed by atoms with van der Waals surface area (Å²) in [6, 6.07) is 11.4. The van der Waals surface area contributed by atoms with Crippen LogP contribution in [0.15, 0.2) is 73.6 Å². The molecule has 1 atom stereocenters. The van der Waals surface area contributed by atoms with Crippen molar-refractivity contribution in [2.45, 2.75) is 32.7 Å². The van der Waals surface area contributed by atoms with E-state index in [2.05, 4.69) is 39.1 Å². The van der Waals surface area contributed by atoms with Gasteiger partial charge in [-0.05, 0) is 60.4 Å². The fraction of sp³-hybridized carbons (Fsp3) is 0.217. The molecule has 0 aliphatic rings. The van der Waals surface area contributed by atoms with E-state index in [9.17, 15) is 9.59 Å². The zero-order valence-electron chi connectivity index (χ0n) is 17.8. The second kappa shape index (κ2) is 12.6. The molecule has 1 N–H and O–H groups in total. The summed E-state index contributed by atoms with van der Waals surface area (Å²) in [6.07, 6.45) is 11.9. The molecule has 0 amide bonds. The average Bonchev–Trinajstić information content (AvgIpc) is 3.53. The Morgan fingerprint density at radius 1 is 0.806 bits per heavy atom. The normalized spacial score (nSPS) is 10.8. The van der Waals surface area contributed by atoms with Gasteiger partial charge < -0.3 is 0 Å². The summed E-state index contributed by atoms with van der Waals surface area (Å²) in [5.74, 6) is 0.619. The standard InChI is InChI=1S/C11H11N3O.C8H11N.C4H4N2O/c1-9(10-2-5-12-6-3-10)14-7-4-11(8-15)13-14;1-7(2)8-3-5-9-6-4-8;7-3-4-1-2-5-6-4/h2-9H,1H3;3-7H,1-2H3;1-3H,(H,5,6). The summed E-state index contributed by atoms with van der Waals surface area (Å²) in [5.41, 5.74) is 3.44. The summed E-state index contributed by atoms with van der Waals surface area (Å²) in [6.45, 7) is 6.38. The van der Waals surface area contributed by atoms with Gasteiger partial charge in [0.25, 0.3) is 0 Å². The Morgan fingerprint density at radius 3 is 1.81 bits per heavy atom. The number of H-pyrrole nitrogens is 1. The Labute approximate surface area is 181 Å². The van der Waals surface area contributed by atoms with Crippen LogP contribution in [0.1, 0.15) is 64.8 Å². The third-order valence-electron chi connectivity index (χ3n) is 4.36. The highest BCUT2D eigenvalue weighted by Crippen LogP contribution is 2.15. The Balaban J connectivity index is 0.000000181. The monoisotopic (exact) mass is 418 g/mol. The zero-order valence-corrected chi connectivity index (χ0v) is 17.8. The lowest BCUT2D eigenvalue weighted by atomic mass is 10.1. The number of aromatic nitrogens is 6. The molecule has 8 nitrogen and oxygen atoms in total. The molecule has 0 aliphatic heterocycles. The summed E-state index contributed by atoms with van der Waals surface area (Å²) in [7, 11) is 0. The number of pyridine rings is 2. The minimum atomic E-state index is 0.113. The van der Waals surface area contributed by atoms with E-state index in [1.54, 1.807) is 35.4 Å². The number of carbonyl (C=O) groups excluding carboxylic acids is 2. The van der Waals surface area contributed by atoms with E-state index >= 15 is 0 Å². The molecule has 4 heterocycles. The second-order valence-corrected chi connectivity index (χ2v) is 6.86. The number of aromatic amines is 1. The maximum absolute atomic E-state index is 10.5. The Morgan fingerprint density at radius 2 is 1.42 bits per heavy atom. The predicted molar refractivity (Wildman–Crippen MR) is 118 cm³/mol. The van der Waals surface area contributed by atoms with Crippen LogP contribution in [0.25, 0.3) is 0 Å². The lowest BCUT2D eigenvalue weighted by molar-refractivity contribution is 0.111. The van der Waals surface area contributed by atoms with Gasteiger partial charge in [-0.3, -0.25) is 29.3 Å². The van der Waals surface area contributed by atoms with Crippen molar-refractivity contribution in [2.24, 2.45) is 0 Å². The third-order valence-corrected chi connectivity index (χ3v) is 4.36. The lowest BCUT2D eigenvalue weighted by Crippen LogP contribution is -2.07. The van der Waals surface area contributed by atoms with E-state index in [-0.39, 0.29) is 6.04 Å². The molecule has 160 valence electrons. The molecule has 0 radical (unpaired) electrons. The van der Waals surface area contributed by atoms with Gasteiger partial charge in [-0.1, -0.05) is 13.8 Å². The van der Waals surface area contributed by atoms with Crippen LogP contribution >= 0.6 is 0 Å². The number of aldehydes is 2. The number of hydrogen-bond donors (Lipinski definition) is 1. The topological polar surface area (TPSA) is 106 Å². The molecular formula is C23H26N6O2. The van der Waals surface area contributed by atoms with E-state index in [0.717, 1.165) is 11.8 Å². The van der Waals surface area contributed by atoms with Crippen molar-refractivity contribution >= 4 is 12.6 Å². The first-order valence-corrected chi connectivity index (χ1v) is 9.79. The van der Waals surface area contributed by atoms with Crippen molar-refractivity contribution in [1.82, 2.24) is 29.9 Å². The minimum Gasteiger partial charge on any atom is -0.296 e.